The van der Waals surface area contributed by atoms with Crippen molar-refractivity contribution < 1.29 is 9.90 Å². The van der Waals surface area contributed by atoms with Crippen LogP contribution in [0.5, 0.6) is 0 Å². The van der Waals surface area contributed by atoms with Crippen molar-refractivity contribution in [2.75, 3.05) is 18.4 Å². The fraction of sp³-hybridized carbons (Fsp3) is 0.214. The van der Waals surface area contributed by atoms with Gasteiger partial charge < -0.3 is 20.3 Å². The summed E-state index contributed by atoms with van der Waals surface area (Å²) in [6.45, 7) is 1.94. The molecule has 35 heavy (non-hydrogen) atoms. The minimum atomic E-state index is -0.514. The number of rotatable bonds is 11. The summed E-state index contributed by atoms with van der Waals surface area (Å²) in [5.41, 5.74) is 4.93. The van der Waals surface area contributed by atoms with Crippen LogP contribution in [0.4, 0.5) is 5.69 Å². The molecule has 1 heterocycles. The Balaban J connectivity index is 1.24. The van der Waals surface area contributed by atoms with Gasteiger partial charge in [-0.2, -0.15) is 0 Å². The minimum Gasteiger partial charge on any atom is -0.387 e. The predicted molar refractivity (Wildman–Crippen MR) is 145 cm³/mol. The molecular weight excluding hydrogens is 474 g/mol. The van der Waals surface area contributed by atoms with E-state index in [9.17, 15) is 9.90 Å². The highest BCUT2D eigenvalue weighted by Gasteiger charge is 2.11. The van der Waals surface area contributed by atoms with Gasteiger partial charge in [0.25, 0.3) is 0 Å². The van der Waals surface area contributed by atoms with Gasteiger partial charge in [0.05, 0.1) is 12.5 Å². The van der Waals surface area contributed by atoms with Gasteiger partial charge in [0.2, 0.25) is 5.91 Å². The number of hydrogen-bond donors (Lipinski definition) is 3. The number of hydrogen-bond acceptors (Lipinski definition) is 5. The van der Waals surface area contributed by atoms with Crippen molar-refractivity contribution in [3.8, 4) is 0 Å². The highest BCUT2D eigenvalue weighted by molar-refractivity contribution is 7.73. The average molecular weight is 504 g/mol. The molecule has 180 valence electrons. The SMILES string of the molecule is O=C(Cc1csc(=S)n1Cc1ccccc1)Nc1ccc(CCNC[C@H](O)c2ccccc2)cc1. The molecule has 1 amide bonds. The standard InChI is InChI=1S/C28H29N3O2S2/c32-26(23-9-5-2-6-10-23)18-29-16-15-21-11-13-24(14-12-21)30-27(33)17-25-20-35-28(34)31(25)19-22-7-3-1-4-8-22/h1-14,20,26,29,32H,15-19H2,(H,30,33)/t26-/m0/s1. The van der Waals surface area contributed by atoms with Crippen molar-refractivity contribution in [3.63, 3.8) is 0 Å². The summed E-state index contributed by atoms with van der Waals surface area (Å²) in [4.78, 5) is 12.7. The molecular formula is C28H29N3O2S2. The molecule has 1 atom stereocenters. The largest absolute Gasteiger partial charge is 0.387 e. The lowest BCUT2D eigenvalue weighted by Crippen LogP contribution is -2.23. The van der Waals surface area contributed by atoms with Crippen molar-refractivity contribution in [2.24, 2.45) is 0 Å². The summed E-state index contributed by atoms with van der Waals surface area (Å²) >= 11 is 6.97. The normalized spacial score (nSPS) is 11.8. The molecule has 0 aliphatic rings. The van der Waals surface area contributed by atoms with Gasteiger partial charge in [-0.25, -0.2) is 0 Å². The molecule has 3 N–H and O–H groups in total. The van der Waals surface area contributed by atoms with Crippen LogP contribution in [0, 0.1) is 3.95 Å². The van der Waals surface area contributed by atoms with E-state index in [2.05, 4.69) is 22.8 Å². The Morgan fingerprint density at radius 1 is 0.943 bits per heavy atom. The molecule has 4 aromatic rings. The first kappa shape index (κ1) is 25.0. The van der Waals surface area contributed by atoms with Crippen LogP contribution in [0.3, 0.4) is 0 Å². The predicted octanol–water partition coefficient (Wildman–Crippen LogP) is 5.37. The Bertz CT molecular complexity index is 1270. The number of anilines is 1. The van der Waals surface area contributed by atoms with Crippen molar-refractivity contribution in [2.45, 2.75) is 25.5 Å². The average Bonchev–Trinajstić information content (AvgIpc) is 3.22. The van der Waals surface area contributed by atoms with Gasteiger partial charge in [-0.05, 0) is 54.0 Å². The second kappa shape index (κ2) is 12.6. The fourth-order valence-electron chi connectivity index (χ4n) is 3.82. The van der Waals surface area contributed by atoms with Crippen LogP contribution in [0.2, 0.25) is 0 Å². The van der Waals surface area contributed by atoms with E-state index in [1.807, 2.05) is 82.7 Å². The van der Waals surface area contributed by atoms with Gasteiger partial charge in [0, 0.05) is 29.9 Å². The maximum Gasteiger partial charge on any atom is 0.230 e. The number of aliphatic hydroxyl groups is 1. The minimum absolute atomic E-state index is 0.0658. The van der Waals surface area contributed by atoms with Crippen LogP contribution >= 0.6 is 23.6 Å². The van der Waals surface area contributed by atoms with Gasteiger partial charge in [-0.1, -0.05) is 72.8 Å². The Morgan fingerprint density at radius 2 is 1.63 bits per heavy atom. The zero-order valence-corrected chi connectivity index (χ0v) is 21.0. The third kappa shape index (κ3) is 7.44. The molecule has 0 bridgehead atoms. The number of aliphatic hydroxyl groups excluding tert-OH is 1. The highest BCUT2D eigenvalue weighted by atomic mass is 32.1. The fourth-order valence-corrected chi connectivity index (χ4v) is 4.90. The van der Waals surface area contributed by atoms with Crippen molar-refractivity contribution in [1.82, 2.24) is 9.88 Å². The molecule has 3 aromatic carbocycles. The summed E-state index contributed by atoms with van der Waals surface area (Å²) in [6, 6.07) is 27.7. The number of thiazole rings is 1. The molecule has 5 nitrogen and oxygen atoms in total. The monoisotopic (exact) mass is 503 g/mol. The second-order valence-electron chi connectivity index (χ2n) is 8.37. The topological polar surface area (TPSA) is 66.3 Å². The summed E-state index contributed by atoms with van der Waals surface area (Å²) in [5.74, 6) is -0.0658. The van der Waals surface area contributed by atoms with Gasteiger partial charge in [0.1, 0.15) is 0 Å². The zero-order valence-electron chi connectivity index (χ0n) is 19.4. The molecule has 4 rings (SSSR count). The molecule has 0 aliphatic heterocycles. The summed E-state index contributed by atoms with van der Waals surface area (Å²) in [5, 5.41) is 18.5. The van der Waals surface area contributed by atoms with Crippen molar-refractivity contribution >= 4 is 35.1 Å². The Labute approximate surface area is 215 Å². The molecule has 0 saturated heterocycles. The number of nitrogens with one attached hydrogen (secondary N) is 2. The van der Waals surface area contributed by atoms with Gasteiger partial charge in [-0.3, -0.25) is 4.79 Å². The maximum absolute atomic E-state index is 12.7. The van der Waals surface area contributed by atoms with Crippen LogP contribution in [-0.4, -0.2) is 28.7 Å². The molecule has 0 aliphatic carbocycles. The zero-order chi connectivity index (χ0) is 24.5. The number of benzene rings is 3. The summed E-state index contributed by atoms with van der Waals surface area (Å²) in [7, 11) is 0. The van der Waals surface area contributed by atoms with E-state index in [4.69, 9.17) is 12.2 Å². The lowest BCUT2D eigenvalue weighted by molar-refractivity contribution is -0.115. The molecule has 7 heteroatoms. The van der Waals surface area contributed by atoms with Crippen LogP contribution in [0.25, 0.3) is 0 Å². The third-order valence-electron chi connectivity index (χ3n) is 5.74. The molecule has 0 spiro atoms. The number of carbonyl (C=O) groups excluding carboxylic acids is 1. The van der Waals surface area contributed by atoms with Crippen LogP contribution < -0.4 is 10.6 Å². The van der Waals surface area contributed by atoms with E-state index in [0.717, 1.165) is 39.4 Å². The summed E-state index contributed by atoms with van der Waals surface area (Å²) < 4.78 is 2.80. The van der Waals surface area contributed by atoms with Crippen molar-refractivity contribution in [1.29, 1.82) is 0 Å². The van der Waals surface area contributed by atoms with E-state index in [0.29, 0.717) is 13.1 Å². The quantitative estimate of drug-likeness (QED) is 0.190. The first-order valence-corrected chi connectivity index (χ1v) is 12.9. The lowest BCUT2D eigenvalue weighted by Gasteiger charge is -2.12. The van der Waals surface area contributed by atoms with E-state index in [-0.39, 0.29) is 12.3 Å². The molecule has 1 aromatic heterocycles. The Hall–Kier alpha value is -3.10. The van der Waals surface area contributed by atoms with Gasteiger partial charge >= 0.3 is 0 Å². The lowest BCUT2D eigenvalue weighted by atomic mass is 10.1. The van der Waals surface area contributed by atoms with E-state index in [1.54, 1.807) is 0 Å². The number of carbonyl (C=O) groups is 1. The molecule has 0 fully saturated rings. The van der Waals surface area contributed by atoms with Crippen LogP contribution in [0.15, 0.2) is 90.3 Å². The Morgan fingerprint density at radius 3 is 2.34 bits per heavy atom. The number of aromatic nitrogens is 1. The molecule has 0 radical (unpaired) electrons. The smallest absolute Gasteiger partial charge is 0.230 e. The Kier molecular flexibility index (Phi) is 8.97. The van der Waals surface area contributed by atoms with E-state index < -0.39 is 6.10 Å². The van der Waals surface area contributed by atoms with E-state index >= 15 is 0 Å². The first-order chi connectivity index (χ1) is 17.1. The summed E-state index contributed by atoms with van der Waals surface area (Å²) in [6.07, 6.45) is 0.598. The van der Waals surface area contributed by atoms with Crippen molar-refractivity contribution in [3.05, 3.63) is 117 Å². The third-order valence-corrected chi connectivity index (χ3v) is 7.06. The highest BCUT2D eigenvalue weighted by Crippen LogP contribution is 2.17. The number of nitrogens with zero attached hydrogens (tertiary/aromatic N) is 1. The van der Waals surface area contributed by atoms with Crippen LogP contribution in [0.1, 0.15) is 28.5 Å². The molecule has 0 saturated carbocycles. The number of amides is 1. The first-order valence-electron chi connectivity index (χ1n) is 11.6. The van der Waals surface area contributed by atoms with E-state index in [1.165, 1.54) is 16.9 Å². The maximum atomic E-state index is 12.7. The second-order valence-corrected chi connectivity index (χ2v) is 9.87. The van der Waals surface area contributed by atoms with Gasteiger partial charge in [0.15, 0.2) is 3.95 Å². The molecule has 0 unspecified atom stereocenters. The van der Waals surface area contributed by atoms with Crippen LogP contribution in [-0.2, 0) is 24.2 Å². The van der Waals surface area contributed by atoms with Gasteiger partial charge in [-0.15, -0.1) is 11.3 Å².